The van der Waals surface area contributed by atoms with Gasteiger partial charge in [-0.3, -0.25) is 0 Å². The van der Waals surface area contributed by atoms with Crippen LogP contribution in [-0.2, 0) is 11.3 Å². The fourth-order valence-electron chi connectivity index (χ4n) is 2.37. The van der Waals surface area contributed by atoms with Gasteiger partial charge < -0.3 is 14.0 Å². The van der Waals surface area contributed by atoms with Gasteiger partial charge in [-0.1, -0.05) is 12.1 Å². The van der Waals surface area contributed by atoms with Crippen molar-refractivity contribution in [2.24, 2.45) is 0 Å². The van der Waals surface area contributed by atoms with E-state index >= 15 is 0 Å². The summed E-state index contributed by atoms with van der Waals surface area (Å²) in [4.78, 5) is 12.1. The predicted molar refractivity (Wildman–Crippen MR) is 79.8 cm³/mol. The summed E-state index contributed by atoms with van der Waals surface area (Å²) in [5.74, 6) is 0.798. The third-order valence-corrected chi connectivity index (χ3v) is 3.54. The number of para-hydroxylation sites is 1. The number of unbranched alkanes of at least 4 members (excludes halogenated alkanes) is 1. The van der Waals surface area contributed by atoms with Crippen LogP contribution in [0.3, 0.4) is 0 Å². The number of aryl methyl sites for hydroxylation is 1. The van der Waals surface area contributed by atoms with E-state index < -0.39 is 0 Å². The van der Waals surface area contributed by atoms with E-state index in [0.29, 0.717) is 23.9 Å². The predicted octanol–water partition coefficient (Wildman–Crippen LogP) is 3.46. The van der Waals surface area contributed by atoms with Gasteiger partial charge in [0, 0.05) is 17.8 Å². The molecule has 0 amide bonds. The highest BCUT2D eigenvalue weighted by Crippen LogP contribution is 2.33. The molecule has 2 aromatic rings. The van der Waals surface area contributed by atoms with Crippen LogP contribution < -0.4 is 4.74 Å². The molecule has 1 aromatic carbocycles. The first kappa shape index (κ1) is 14.7. The van der Waals surface area contributed by atoms with Crippen molar-refractivity contribution in [3.8, 4) is 5.75 Å². The Morgan fingerprint density at radius 2 is 2.00 bits per heavy atom. The van der Waals surface area contributed by atoms with Crippen molar-refractivity contribution in [3.05, 3.63) is 30.0 Å². The van der Waals surface area contributed by atoms with E-state index in [-0.39, 0.29) is 5.97 Å². The maximum atomic E-state index is 12.1. The molecule has 20 heavy (non-hydrogen) atoms. The number of nitrogens with zero attached hydrogens (tertiary/aromatic N) is 1. The third-order valence-electron chi connectivity index (χ3n) is 3.27. The third kappa shape index (κ3) is 2.61. The molecule has 0 fully saturated rings. The Morgan fingerprint density at radius 1 is 1.25 bits per heavy atom. The summed E-state index contributed by atoms with van der Waals surface area (Å²) in [6.45, 7) is 0.709. The number of carbonyl (C=O) groups excluding carboxylic acids is 1. The van der Waals surface area contributed by atoms with E-state index in [0.717, 1.165) is 23.7 Å². The van der Waals surface area contributed by atoms with Gasteiger partial charge >= 0.3 is 5.97 Å². The van der Waals surface area contributed by atoms with Crippen LogP contribution in [0.4, 0.5) is 0 Å². The van der Waals surface area contributed by atoms with Crippen LogP contribution in [0.15, 0.2) is 24.3 Å². The summed E-state index contributed by atoms with van der Waals surface area (Å²) in [5.41, 5.74) is 1.44. The zero-order valence-corrected chi connectivity index (χ0v) is 12.4. The number of halogens is 1. The van der Waals surface area contributed by atoms with Gasteiger partial charge in [0.05, 0.1) is 19.7 Å². The van der Waals surface area contributed by atoms with Crippen LogP contribution in [0, 0.1) is 0 Å². The number of aromatic nitrogens is 1. The summed E-state index contributed by atoms with van der Waals surface area (Å²) in [7, 11) is 2.94. The number of hydrogen-bond acceptors (Lipinski definition) is 3. The summed E-state index contributed by atoms with van der Waals surface area (Å²) >= 11 is 5.72. The van der Waals surface area contributed by atoms with Gasteiger partial charge in [0.15, 0.2) is 11.4 Å². The number of carbonyl (C=O) groups is 1. The molecular formula is C15H18ClNO3. The van der Waals surface area contributed by atoms with Crippen molar-refractivity contribution in [2.75, 3.05) is 20.1 Å². The zero-order chi connectivity index (χ0) is 14.5. The van der Waals surface area contributed by atoms with Crippen LogP contribution in [0.1, 0.15) is 23.3 Å². The van der Waals surface area contributed by atoms with Gasteiger partial charge in [0.1, 0.15) is 0 Å². The van der Waals surface area contributed by atoms with Crippen molar-refractivity contribution in [1.29, 1.82) is 0 Å². The van der Waals surface area contributed by atoms with Crippen LogP contribution in [0.25, 0.3) is 10.9 Å². The molecule has 0 unspecified atom stereocenters. The van der Waals surface area contributed by atoms with Crippen molar-refractivity contribution < 1.29 is 14.3 Å². The fraction of sp³-hybridized carbons (Fsp3) is 0.400. The lowest BCUT2D eigenvalue weighted by atomic mass is 10.2. The first-order valence-electron chi connectivity index (χ1n) is 6.54. The number of ether oxygens (including phenoxy) is 2. The summed E-state index contributed by atoms with van der Waals surface area (Å²) in [6.07, 6.45) is 1.80. The number of fused-ring (bicyclic) bond motifs is 1. The van der Waals surface area contributed by atoms with Crippen molar-refractivity contribution in [1.82, 2.24) is 4.57 Å². The molecule has 0 aliphatic rings. The molecule has 0 N–H and O–H groups in total. The van der Waals surface area contributed by atoms with Crippen LogP contribution in [0.5, 0.6) is 5.75 Å². The van der Waals surface area contributed by atoms with Gasteiger partial charge in [-0.25, -0.2) is 4.79 Å². The molecule has 0 aliphatic heterocycles. The van der Waals surface area contributed by atoms with E-state index in [1.807, 2.05) is 28.8 Å². The monoisotopic (exact) mass is 295 g/mol. The average molecular weight is 296 g/mol. The minimum Gasteiger partial charge on any atom is -0.494 e. The minimum atomic E-state index is -0.385. The lowest BCUT2D eigenvalue weighted by Crippen LogP contribution is -2.12. The van der Waals surface area contributed by atoms with Crippen molar-refractivity contribution in [3.63, 3.8) is 0 Å². The second-order valence-electron chi connectivity index (χ2n) is 4.44. The van der Waals surface area contributed by atoms with E-state index in [1.165, 1.54) is 7.11 Å². The number of hydrogen-bond donors (Lipinski definition) is 0. The molecule has 1 aromatic heterocycles. The molecule has 0 bridgehead atoms. The maximum absolute atomic E-state index is 12.1. The van der Waals surface area contributed by atoms with Gasteiger partial charge in [0.2, 0.25) is 0 Å². The normalized spacial score (nSPS) is 10.8. The first-order valence-corrected chi connectivity index (χ1v) is 7.07. The van der Waals surface area contributed by atoms with E-state index in [4.69, 9.17) is 21.1 Å². The molecule has 2 rings (SSSR count). The van der Waals surface area contributed by atoms with Crippen LogP contribution in [0.2, 0.25) is 0 Å². The maximum Gasteiger partial charge on any atom is 0.358 e. The summed E-state index contributed by atoms with van der Waals surface area (Å²) in [5, 5.41) is 0.918. The van der Waals surface area contributed by atoms with E-state index in [9.17, 15) is 4.79 Å². The van der Waals surface area contributed by atoms with Gasteiger partial charge in [-0.05, 0) is 25.0 Å². The molecule has 0 aliphatic carbocycles. The van der Waals surface area contributed by atoms with Gasteiger partial charge in [-0.15, -0.1) is 11.6 Å². The first-order chi connectivity index (χ1) is 9.74. The molecular weight excluding hydrogens is 278 g/mol. The van der Waals surface area contributed by atoms with Gasteiger partial charge in [-0.2, -0.15) is 0 Å². The summed E-state index contributed by atoms with van der Waals surface area (Å²) < 4.78 is 12.3. The lowest BCUT2D eigenvalue weighted by molar-refractivity contribution is 0.0585. The Bertz CT molecular complexity index is 606. The Kier molecular flexibility index (Phi) is 4.90. The molecule has 5 heteroatoms. The highest BCUT2D eigenvalue weighted by molar-refractivity contribution is 6.17. The van der Waals surface area contributed by atoms with E-state index in [2.05, 4.69) is 0 Å². The molecule has 0 saturated carbocycles. The largest absolute Gasteiger partial charge is 0.494 e. The molecule has 0 radical (unpaired) electrons. The van der Waals surface area contributed by atoms with Gasteiger partial charge in [0.25, 0.3) is 0 Å². The Morgan fingerprint density at radius 3 is 2.65 bits per heavy atom. The van der Waals surface area contributed by atoms with Crippen LogP contribution >= 0.6 is 11.6 Å². The molecule has 108 valence electrons. The Labute approximate surface area is 123 Å². The quantitative estimate of drug-likeness (QED) is 0.465. The highest BCUT2D eigenvalue weighted by atomic mass is 35.5. The number of benzene rings is 1. The molecule has 1 heterocycles. The number of methoxy groups -OCH3 is 2. The summed E-state index contributed by atoms with van der Waals surface area (Å²) in [6, 6.07) is 7.79. The number of rotatable bonds is 6. The number of esters is 1. The minimum absolute atomic E-state index is 0.385. The standard InChI is InChI=1S/C15H18ClNO3/c1-19-14-11-7-3-4-8-12(11)17(10-6-5-9-16)13(14)15(18)20-2/h3-4,7-8H,5-6,9-10H2,1-2H3. The van der Waals surface area contributed by atoms with Crippen LogP contribution in [-0.4, -0.2) is 30.6 Å². The van der Waals surface area contributed by atoms with E-state index in [1.54, 1.807) is 7.11 Å². The Hall–Kier alpha value is -1.68. The molecule has 0 atom stereocenters. The fourth-order valence-corrected chi connectivity index (χ4v) is 2.56. The SMILES string of the molecule is COC(=O)c1c(OC)c2ccccc2n1CCCCCl. The smallest absolute Gasteiger partial charge is 0.358 e. The topological polar surface area (TPSA) is 40.5 Å². The number of alkyl halides is 1. The second kappa shape index (κ2) is 6.66. The molecule has 4 nitrogen and oxygen atoms in total. The average Bonchev–Trinajstić information content (AvgIpc) is 2.81. The molecule has 0 saturated heterocycles. The Balaban J connectivity index is 2.58. The highest BCUT2D eigenvalue weighted by Gasteiger charge is 2.23. The lowest BCUT2D eigenvalue weighted by Gasteiger charge is -2.09. The van der Waals surface area contributed by atoms with Crippen molar-refractivity contribution in [2.45, 2.75) is 19.4 Å². The zero-order valence-electron chi connectivity index (χ0n) is 11.7. The second-order valence-corrected chi connectivity index (χ2v) is 4.82. The van der Waals surface area contributed by atoms with Crippen molar-refractivity contribution >= 4 is 28.5 Å². The molecule has 0 spiro atoms.